The van der Waals surface area contributed by atoms with Gasteiger partial charge in [0.1, 0.15) is 23.1 Å². The molecule has 28 heavy (non-hydrogen) atoms. The van der Waals surface area contributed by atoms with E-state index in [1.165, 1.54) is 0 Å². The number of amides is 2. The summed E-state index contributed by atoms with van der Waals surface area (Å²) in [5.41, 5.74) is 1.52. The molecular formula is C22H23N3O3. The van der Waals surface area contributed by atoms with Gasteiger partial charge in [0.2, 0.25) is 0 Å². The molecule has 1 fully saturated rings. The number of nitrogens with zero attached hydrogens (tertiary/aromatic N) is 2. The topological polar surface area (TPSA) is 63.7 Å². The first-order valence-corrected chi connectivity index (χ1v) is 9.52. The Kier molecular flexibility index (Phi) is 5.28. The van der Waals surface area contributed by atoms with Crippen LogP contribution < -0.4 is 14.8 Å². The first-order valence-electron chi connectivity index (χ1n) is 9.52. The average Bonchev–Trinajstić information content (AvgIpc) is 3.19. The molecule has 2 aromatic carbocycles. The lowest BCUT2D eigenvalue weighted by Crippen LogP contribution is -2.34. The van der Waals surface area contributed by atoms with Gasteiger partial charge in [-0.05, 0) is 31.2 Å². The van der Waals surface area contributed by atoms with Crippen LogP contribution in [0.5, 0.6) is 11.5 Å². The first kappa shape index (κ1) is 18.1. The predicted molar refractivity (Wildman–Crippen MR) is 109 cm³/mol. The third kappa shape index (κ3) is 3.86. The predicted octanol–water partition coefficient (Wildman–Crippen LogP) is 4.32. The van der Waals surface area contributed by atoms with Crippen molar-refractivity contribution in [2.45, 2.75) is 19.4 Å². The van der Waals surface area contributed by atoms with E-state index in [4.69, 9.17) is 9.47 Å². The zero-order valence-electron chi connectivity index (χ0n) is 15.8. The molecule has 1 aliphatic rings. The van der Waals surface area contributed by atoms with Crippen LogP contribution in [0.15, 0.2) is 60.8 Å². The second-order valence-corrected chi connectivity index (χ2v) is 6.67. The number of carbonyl (C=O) groups excluding carboxylic acids is 1. The number of carbonyl (C=O) groups is 1. The Labute approximate surface area is 164 Å². The number of nitrogens with one attached hydrogen (secondary N) is 1. The van der Waals surface area contributed by atoms with Crippen molar-refractivity contribution in [3.05, 3.63) is 60.8 Å². The molecule has 1 atom stereocenters. The normalized spacial score (nSPS) is 16.2. The second kappa shape index (κ2) is 8.17. The highest BCUT2D eigenvalue weighted by molar-refractivity contribution is 5.91. The van der Waals surface area contributed by atoms with Crippen LogP contribution in [0.1, 0.15) is 13.3 Å². The third-order valence-electron chi connectivity index (χ3n) is 4.75. The Morgan fingerprint density at radius 3 is 2.86 bits per heavy atom. The molecule has 0 spiro atoms. The second-order valence-electron chi connectivity index (χ2n) is 6.67. The fraction of sp³-hybridized carbons (Fsp3) is 0.273. The van der Waals surface area contributed by atoms with E-state index in [1.807, 2.05) is 61.5 Å². The number of urea groups is 1. The Bertz CT molecular complexity index is 971. The molecule has 0 bridgehead atoms. The van der Waals surface area contributed by atoms with Gasteiger partial charge in [-0.3, -0.25) is 4.98 Å². The summed E-state index contributed by atoms with van der Waals surface area (Å²) < 4.78 is 11.7. The fourth-order valence-corrected chi connectivity index (χ4v) is 3.41. The smallest absolute Gasteiger partial charge is 0.322 e. The lowest BCUT2D eigenvalue weighted by molar-refractivity contribution is 0.196. The van der Waals surface area contributed by atoms with Crippen molar-refractivity contribution >= 4 is 22.6 Å². The van der Waals surface area contributed by atoms with E-state index >= 15 is 0 Å². The number of pyridine rings is 1. The van der Waals surface area contributed by atoms with Gasteiger partial charge in [0.25, 0.3) is 0 Å². The Hall–Kier alpha value is -3.28. The van der Waals surface area contributed by atoms with Gasteiger partial charge >= 0.3 is 6.03 Å². The quantitative estimate of drug-likeness (QED) is 0.719. The number of fused-ring (bicyclic) bond motifs is 1. The van der Waals surface area contributed by atoms with Crippen molar-refractivity contribution in [2.24, 2.45) is 0 Å². The summed E-state index contributed by atoms with van der Waals surface area (Å²) in [5, 5.41) is 3.99. The van der Waals surface area contributed by atoms with E-state index in [2.05, 4.69) is 10.3 Å². The Balaban J connectivity index is 1.41. The minimum absolute atomic E-state index is 0.0551. The molecule has 2 heterocycles. The van der Waals surface area contributed by atoms with Crippen LogP contribution in [0.3, 0.4) is 0 Å². The number of hydrogen-bond donors (Lipinski definition) is 1. The zero-order valence-corrected chi connectivity index (χ0v) is 15.8. The maximum absolute atomic E-state index is 12.7. The van der Waals surface area contributed by atoms with Gasteiger partial charge in [-0.2, -0.15) is 0 Å². The third-order valence-corrected chi connectivity index (χ3v) is 4.75. The molecule has 3 aromatic rings. The average molecular weight is 377 g/mol. The number of benzene rings is 2. The molecule has 6 nitrogen and oxygen atoms in total. The highest BCUT2D eigenvalue weighted by atomic mass is 16.5. The van der Waals surface area contributed by atoms with Crippen LogP contribution in [-0.4, -0.2) is 41.7 Å². The van der Waals surface area contributed by atoms with Crippen LogP contribution in [0, 0.1) is 0 Å². The monoisotopic (exact) mass is 377 g/mol. The first-order chi connectivity index (χ1) is 13.7. The molecular weight excluding hydrogens is 354 g/mol. The minimum Gasteiger partial charge on any atom is -0.492 e. The molecule has 4 rings (SSSR count). The summed E-state index contributed by atoms with van der Waals surface area (Å²) in [5.74, 6) is 1.43. The van der Waals surface area contributed by atoms with Gasteiger partial charge in [0, 0.05) is 24.5 Å². The molecule has 1 unspecified atom stereocenters. The van der Waals surface area contributed by atoms with E-state index in [0.717, 1.165) is 23.1 Å². The van der Waals surface area contributed by atoms with Crippen molar-refractivity contribution in [1.82, 2.24) is 9.88 Å². The number of aromatic nitrogens is 1. The van der Waals surface area contributed by atoms with Crippen LogP contribution in [-0.2, 0) is 0 Å². The molecule has 2 amide bonds. The maximum Gasteiger partial charge on any atom is 0.322 e. The van der Waals surface area contributed by atoms with Crippen molar-refractivity contribution in [3.63, 3.8) is 0 Å². The Morgan fingerprint density at radius 2 is 1.96 bits per heavy atom. The number of rotatable bonds is 5. The fourth-order valence-electron chi connectivity index (χ4n) is 3.41. The summed E-state index contributed by atoms with van der Waals surface area (Å²) in [6.07, 6.45) is 2.49. The minimum atomic E-state index is -0.144. The number of para-hydroxylation sites is 3. The lowest BCUT2D eigenvalue weighted by atomic mass is 10.2. The van der Waals surface area contributed by atoms with Gasteiger partial charge < -0.3 is 19.7 Å². The molecule has 1 aromatic heterocycles. The van der Waals surface area contributed by atoms with Crippen LogP contribution in [0.25, 0.3) is 10.9 Å². The number of anilines is 1. The van der Waals surface area contributed by atoms with E-state index in [1.54, 1.807) is 11.1 Å². The molecule has 1 N–H and O–H groups in total. The van der Waals surface area contributed by atoms with Crippen molar-refractivity contribution in [2.75, 3.05) is 25.0 Å². The van der Waals surface area contributed by atoms with E-state index in [0.29, 0.717) is 31.1 Å². The molecule has 6 heteroatoms. The summed E-state index contributed by atoms with van der Waals surface area (Å²) in [6.45, 7) is 3.64. The van der Waals surface area contributed by atoms with Crippen LogP contribution in [0.4, 0.5) is 10.5 Å². The Morgan fingerprint density at radius 1 is 1.14 bits per heavy atom. The molecule has 1 aliphatic heterocycles. The SMILES string of the molecule is CCOc1ccccc1NC(=O)N1CCC(Oc2cccc3cccnc23)C1. The lowest BCUT2D eigenvalue weighted by Gasteiger charge is -2.19. The number of ether oxygens (including phenoxy) is 2. The van der Waals surface area contributed by atoms with Gasteiger partial charge in [-0.15, -0.1) is 0 Å². The maximum atomic E-state index is 12.7. The summed E-state index contributed by atoms with van der Waals surface area (Å²) in [7, 11) is 0. The van der Waals surface area contributed by atoms with E-state index in [-0.39, 0.29) is 12.1 Å². The zero-order chi connectivity index (χ0) is 19.3. The summed E-state index contributed by atoms with van der Waals surface area (Å²) in [6, 6.07) is 17.1. The van der Waals surface area contributed by atoms with Crippen LogP contribution >= 0.6 is 0 Å². The molecule has 0 radical (unpaired) electrons. The van der Waals surface area contributed by atoms with Gasteiger partial charge in [0.15, 0.2) is 0 Å². The highest BCUT2D eigenvalue weighted by Crippen LogP contribution is 2.27. The molecule has 0 saturated carbocycles. The molecule has 144 valence electrons. The van der Waals surface area contributed by atoms with E-state index in [9.17, 15) is 4.79 Å². The summed E-state index contributed by atoms with van der Waals surface area (Å²) >= 11 is 0. The van der Waals surface area contributed by atoms with Crippen molar-refractivity contribution in [1.29, 1.82) is 0 Å². The molecule has 1 saturated heterocycles. The number of hydrogen-bond acceptors (Lipinski definition) is 4. The van der Waals surface area contributed by atoms with Crippen molar-refractivity contribution in [3.8, 4) is 11.5 Å². The summed E-state index contributed by atoms with van der Waals surface area (Å²) in [4.78, 5) is 18.9. The van der Waals surface area contributed by atoms with Gasteiger partial charge in [-0.25, -0.2) is 4.79 Å². The van der Waals surface area contributed by atoms with Crippen LogP contribution in [0.2, 0.25) is 0 Å². The standard InChI is InChI=1S/C22H23N3O3/c1-2-27-19-10-4-3-9-18(19)24-22(26)25-14-12-17(15-25)28-20-11-5-7-16-8-6-13-23-21(16)20/h3-11,13,17H,2,12,14-15H2,1H3,(H,24,26). The van der Waals surface area contributed by atoms with E-state index < -0.39 is 0 Å². The van der Waals surface area contributed by atoms with Gasteiger partial charge in [0.05, 0.1) is 18.8 Å². The highest BCUT2D eigenvalue weighted by Gasteiger charge is 2.28. The number of likely N-dealkylation sites (tertiary alicyclic amines) is 1. The van der Waals surface area contributed by atoms with Gasteiger partial charge in [-0.1, -0.05) is 30.3 Å². The van der Waals surface area contributed by atoms with Crippen molar-refractivity contribution < 1.29 is 14.3 Å². The molecule has 0 aliphatic carbocycles. The largest absolute Gasteiger partial charge is 0.492 e.